The molecule has 3 amide bonds. The molecule has 8 rings (SSSR count). The molecule has 5 N–H and O–H groups in total. The highest BCUT2D eigenvalue weighted by Gasteiger charge is 2.45. The highest BCUT2D eigenvalue weighted by atomic mass is 32.1. The van der Waals surface area contributed by atoms with E-state index in [0.717, 1.165) is 59.4 Å². The second kappa shape index (κ2) is 18.9. The summed E-state index contributed by atoms with van der Waals surface area (Å²) in [5.41, 5.74) is 8.95. The van der Waals surface area contributed by atoms with Crippen molar-refractivity contribution in [3.63, 3.8) is 0 Å². The molecule has 0 saturated carbocycles. The number of likely N-dealkylation sites (tertiary alicyclic amines) is 1. The van der Waals surface area contributed by atoms with Crippen molar-refractivity contribution in [3.8, 4) is 26.6 Å². The van der Waals surface area contributed by atoms with Crippen molar-refractivity contribution in [3.05, 3.63) is 111 Å². The zero-order chi connectivity index (χ0) is 47.9. The Morgan fingerprint density at radius 3 is 2.19 bits per heavy atom. The van der Waals surface area contributed by atoms with E-state index >= 15 is 0 Å². The number of nitrogens with one attached hydrogen (secondary N) is 3. The van der Waals surface area contributed by atoms with E-state index in [2.05, 4.69) is 41.1 Å². The summed E-state index contributed by atoms with van der Waals surface area (Å²) in [7, 11) is 0. The van der Waals surface area contributed by atoms with Crippen molar-refractivity contribution in [2.24, 2.45) is 10.4 Å². The summed E-state index contributed by atoms with van der Waals surface area (Å²) in [5, 5.41) is 38.8. The molecule has 6 aromatic rings. The minimum absolute atomic E-state index is 0.0426. The van der Waals surface area contributed by atoms with Gasteiger partial charge in [-0.3, -0.25) is 28.7 Å². The Bertz CT molecular complexity index is 2860. The number of benzene rings is 2. The van der Waals surface area contributed by atoms with Gasteiger partial charge in [0, 0.05) is 46.9 Å². The van der Waals surface area contributed by atoms with Crippen molar-refractivity contribution in [1.82, 2.24) is 45.2 Å². The number of aromatic nitrogens is 6. The fourth-order valence-corrected chi connectivity index (χ4v) is 10.5. The Labute approximate surface area is 395 Å². The molecule has 2 unspecified atom stereocenters. The largest absolute Gasteiger partial charge is 0.481 e. The van der Waals surface area contributed by atoms with E-state index in [9.17, 15) is 29.4 Å². The normalized spacial score (nSPS) is 17.7. The Morgan fingerprint density at radius 1 is 0.881 bits per heavy atom. The number of aliphatic imine (C=N–C) groups is 1. The van der Waals surface area contributed by atoms with Crippen LogP contribution in [0.1, 0.15) is 97.1 Å². The summed E-state index contributed by atoms with van der Waals surface area (Å²) in [6, 6.07) is 12.6. The number of thiazole rings is 1. The lowest BCUT2D eigenvalue weighted by atomic mass is 9.85. The monoisotopic (exact) mass is 943 g/mol. The Kier molecular flexibility index (Phi) is 13.2. The number of nitrogens with zero attached hydrogens (tertiary/aromatic N) is 8. The number of carboxylic acids is 1. The van der Waals surface area contributed by atoms with Gasteiger partial charge in [-0.15, -0.1) is 32.9 Å². The van der Waals surface area contributed by atoms with Gasteiger partial charge in [0.2, 0.25) is 23.7 Å². The number of β-amino-alcohol motifs (C(OH)–C–C–N with tert-alkyl or cyclic N) is 1. The molecule has 4 aromatic heterocycles. The van der Waals surface area contributed by atoms with Crippen LogP contribution in [-0.2, 0) is 19.2 Å². The van der Waals surface area contributed by atoms with Gasteiger partial charge in [-0.25, -0.2) is 15.0 Å². The van der Waals surface area contributed by atoms with Crippen molar-refractivity contribution in [1.29, 1.82) is 0 Å². The standard InChI is InChI=1S/C48H53N11O6S2/c1-24-27(4)67-46-39(24)40(54-35(18-38(62)63)43-57-56-28(5)59(43)46)31-13-11-30(12-14-31)33-19-49-47(50-20-33)51-21-37(61)55-42(48(6,7)8)45(65)58-22-34(60)17-36(58)44(64)53-25(2)29-9-15-32(16-10-29)41-26(3)52-23-66-41/h9-16,19-20,23,25,34-36,42,60H,17-18,21-22H2,1-8H3,(H,53,64)(H,55,61)(H,62,63)(H,49,50,51)/t25?,34-,35+,36+,42?/m1/s1. The molecule has 19 heteroatoms. The number of aliphatic hydroxyl groups excluding tert-OH is 1. The average molecular weight is 944 g/mol. The van der Waals surface area contributed by atoms with Crippen LogP contribution < -0.4 is 16.0 Å². The molecule has 348 valence electrons. The van der Waals surface area contributed by atoms with Crippen LogP contribution in [0.5, 0.6) is 0 Å². The first-order chi connectivity index (χ1) is 31.9. The van der Waals surface area contributed by atoms with Crippen LogP contribution in [0.2, 0.25) is 0 Å². The third-order valence-electron chi connectivity index (χ3n) is 12.2. The highest BCUT2D eigenvalue weighted by Crippen LogP contribution is 2.40. The van der Waals surface area contributed by atoms with Crippen molar-refractivity contribution < 1.29 is 29.4 Å². The smallest absolute Gasteiger partial charge is 0.306 e. The fourth-order valence-electron chi connectivity index (χ4n) is 8.47. The van der Waals surface area contributed by atoms with Crippen LogP contribution >= 0.6 is 22.7 Å². The predicted molar refractivity (Wildman–Crippen MR) is 256 cm³/mol. The maximum Gasteiger partial charge on any atom is 0.306 e. The number of fused-ring (bicyclic) bond motifs is 3. The summed E-state index contributed by atoms with van der Waals surface area (Å²) in [6.45, 7) is 15.0. The number of hydrogen-bond acceptors (Lipinski definition) is 14. The molecule has 1 saturated heterocycles. The Morgan fingerprint density at radius 2 is 1.55 bits per heavy atom. The van der Waals surface area contributed by atoms with E-state index in [1.165, 1.54) is 4.90 Å². The van der Waals surface area contributed by atoms with Gasteiger partial charge in [0.1, 0.15) is 29.0 Å². The molecule has 0 bridgehead atoms. The van der Waals surface area contributed by atoms with Crippen LogP contribution in [0.3, 0.4) is 0 Å². The predicted octanol–water partition coefficient (Wildman–Crippen LogP) is 6.29. The maximum atomic E-state index is 14.2. The molecule has 5 atom stereocenters. The summed E-state index contributed by atoms with van der Waals surface area (Å²) in [6.07, 6.45) is 2.20. The number of aryl methyl sites for hydroxylation is 3. The van der Waals surface area contributed by atoms with Crippen LogP contribution in [0.4, 0.5) is 5.95 Å². The molecule has 0 radical (unpaired) electrons. The summed E-state index contributed by atoms with van der Waals surface area (Å²) in [5.74, 6) is -0.974. The third kappa shape index (κ3) is 9.75. The minimum Gasteiger partial charge on any atom is -0.481 e. The number of carboxylic acid groups (broad SMARTS) is 1. The Balaban J connectivity index is 0.902. The van der Waals surface area contributed by atoms with Crippen molar-refractivity contribution in [2.75, 3.05) is 18.4 Å². The fraction of sp³-hybridized carbons (Fsp3) is 0.375. The van der Waals surface area contributed by atoms with Gasteiger partial charge in [-0.2, -0.15) is 0 Å². The van der Waals surface area contributed by atoms with Gasteiger partial charge in [0.05, 0.1) is 46.9 Å². The van der Waals surface area contributed by atoms with E-state index < -0.39 is 47.4 Å². The van der Waals surface area contributed by atoms with Gasteiger partial charge < -0.3 is 31.1 Å². The highest BCUT2D eigenvalue weighted by molar-refractivity contribution is 7.15. The van der Waals surface area contributed by atoms with Gasteiger partial charge in [0.15, 0.2) is 5.82 Å². The number of carbonyl (C=O) groups excluding carboxylic acids is 3. The third-order valence-corrected chi connectivity index (χ3v) is 14.4. The second-order valence-corrected chi connectivity index (χ2v) is 20.2. The summed E-state index contributed by atoms with van der Waals surface area (Å²) in [4.78, 5) is 75.1. The number of rotatable bonds is 13. The van der Waals surface area contributed by atoms with Crippen molar-refractivity contribution >= 4 is 58.0 Å². The van der Waals surface area contributed by atoms with Gasteiger partial charge in [0.25, 0.3) is 0 Å². The second-order valence-electron chi connectivity index (χ2n) is 18.1. The average Bonchev–Trinajstić information content (AvgIpc) is 4.06. The van der Waals surface area contributed by atoms with Crippen LogP contribution in [-0.4, -0.2) is 106 Å². The lowest BCUT2D eigenvalue weighted by Crippen LogP contribution is -2.58. The molecule has 17 nitrogen and oxygen atoms in total. The first-order valence-corrected chi connectivity index (χ1v) is 23.6. The van der Waals surface area contributed by atoms with E-state index in [1.54, 1.807) is 35.1 Å². The topological polar surface area (TPSA) is 230 Å². The van der Waals surface area contributed by atoms with Crippen LogP contribution in [0.15, 0.2) is 71.4 Å². The molecular formula is C48H53N11O6S2. The van der Waals surface area contributed by atoms with Crippen LogP contribution in [0, 0.1) is 33.1 Å². The number of hydrogen-bond donors (Lipinski definition) is 5. The van der Waals surface area contributed by atoms with Crippen molar-refractivity contribution in [2.45, 2.75) is 98.5 Å². The zero-order valence-corrected chi connectivity index (χ0v) is 40.1. The van der Waals surface area contributed by atoms with Gasteiger partial charge in [-0.05, 0) is 62.3 Å². The van der Waals surface area contributed by atoms with Gasteiger partial charge in [-0.1, -0.05) is 69.3 Å². The Hall–Kier alpha value is -6.70. The molecule has 6 heterocycles. The SMILES string of the molecule is Cc1ncsc1-c1ccc(C(C)NC(=O)[C@@H]2C[C@@H](O)CN2C(=O)C(NC(=O)CNc2ncc(-c3ccc(C4=N[C@@H](CC(=O)O)c5nnc(C)n5-c5sc(C)c(C)c54)cc3)cn2)C(C)(C)C)cc1. The lowest BCUT2D eigenvalue weighted by Gasteiger charge is -2.35. The molecule has 67 heavy (non-hydrogen) atoms. The molecule has 1 fully saturated rings. The maximum absolute atomic E-state index is 14.2. The molecular weight excluding hydrogens is 891 g/mol. The number of aliphatic carboxylic acids is 1. The number of amides is 3. The molecule has 2 aromatic carbocycles. The number of thiophene rings is 1. The zero-order valence-electron chi connectivity index (χ0n) is 38.5. The first kappa shape index (κ1) is 46.8. The number of anilines is 1. The van der Waals surface area contributed by atoms with E-state index in [-0.39, 0.29) is 43.8 Å². The summed E-state index contributed by atoms with van der Waals surface area (Å²) >= 11 is 3.17. The minimum atomic E-state index is -1.01. The lowest BCUT2D eigenvalue weighted by molar-refractivity contribution is -0.144. The summed E-state index contributed by atoms with van der Waals surface area (Å²) < 4.78 is 1.92. The molecule has 0 spiro atoms. The molecule has 2 aliphatic heterocycles. The van der Waals surface area contributed by atoms with Crippen LogP contribution in [0.25, 0.3) is 26.6 Å². The molecule has 2 aliphatic rings. The first-order valence-electron chi connectivity index (χ1n) is 22.0. The number of carbonyl (C=O) groups is 4. The number of aliphatic hydroxyl groups is 1. The van der Waals surface area contributed by atoms with E-state index in [1.807, 2.05) is 114 Å². The van der Waals surface area contributed by atoms with E-state index in [0.29, 0.717) is 17.4 Å². The molecule has 0 aliphatic carbocycles. The quantitative estimate of drug-likeness (QED) is 0.0861. The van der Waals surface area contributed by atoms with E-state index in [4.69, 9.17) is 4.99 Å². The van der Waals surface area contributed by atoms with Gasteiger partial charge >= 0.3 is 5.97 Å².